The van der Waals surface area contributed by atoms with E-state index in [1.54, 1.807) is 0 Å². The first-order valence-electron chi connectivity index (χ1n) is 7.06. The van der Waals surface area contributed by atoms with Gasteiger partial charge in [-0.05, 0) is 55.9 Å². The summed E-state index contributed by atoms with van der Waals surface area (Å²) < 4.78 is 11.5. The highest BCUT2D eigenvalue weighted by Gasteiger charge is 2.06. The van der Waals surface area contributed by atoms with Crippen molar-refractivity contribution in [1.82, 2.24) is 5.32 Å². The summed E-state index contributed by atoms with van der Waals surface area (Å²) in [4.78, 5) is 0. The third-order valence-corrected chi connectivity index (χ3v) is 3.15. The minimum atomic E-state index is 0.702. The summed E-state index contributed by atoms with van der Waals surface area (Å²) in [6.45, 7) is 3.51. The minimum Gasteiger partial charge on any atom is -0.494 e. The van der Waals surface area contributed by atoms with Gasteiger partial charge in [-0.2, -0.15) is 0 Å². The van der Waals surface area contributed by atoms with Gasteiger partial charge < -0.3 is 14.8 Å². The van der Waals surface area contributed by atoms with Crippen LogP contribution in [0.2, 0.25) is 5.02 Å². The van der Waals surface area contributed by atoms with Crippen LogP contribution in [-0.4, -0.2) is 13.7 Å². The molecule has 21 heavy (non-hydrogen) atoms. The molecule has 0 aliphatic heterocycles. The molecule has 0 atom stereocenters. The van der Waals surface area contributed by atoms with Crippen LogP contribution in [0.5, 0.6) is 17.2 Å². The second-order valence-corrected chi connectivity index (χ2v) is 5.14. The SMILES string of the molecule is CCCOc1ccc(Oc2ccc(Cl)cc2CNC)cc1. The van der Waals surface area contributed by atoms with Gasteiger partial charge in [-0.15, -0.1) is 0 Å². The van der Waals surface area contributed by atoms with Crippen LogP contribution in [0.25, 0.3) is 0 Å². The van der Waals surface area contributed by atoms with Gasteiger partial charge in [-0.1, -0.05) is 18.5 Å². The van der Waals surface area contributed by atoms with E-state index in [9.17, 15) is 0 Å². The van der Waals surface area contributed by atoms with Gasteiger partial charge in [0.25, 0.3) is 0 Å². The number of ether oxygens (including phenoxy) is 2. The Morgan fingerprint density at radius 1 is 1.05 bits per heavy atom. The van der Waals surface area contributed by atoms with E-state index in [0.29, 0.717) is 11.6 Å². The topological polar surface area (TPSA) is 30.5 Å². The molecule has 0 spiro atoms. The lowest BCUT2D eigenvalue weighted by molar-refractivity contribution is 0.317. The van der Waals surface area contributed by atoms with Crippen LogP contribution in [0.15, 0.2) is 42.5 Å². The summed E-state index contributed by atoms with van der Waals surface area (Å²) in [5.41, 5.74) is 1.02. The number of benzene rings is 2. The molecule has 0 amide bonds. The van der Waals surface area contributed by atoms with Crippen LogP contribution >= 0.6 is 11.6 Å². The summed E-state index contributed by atoms with van der Waals surface area (Å²) in [5, 5.41) is 3.82. The summed E-state index contributed by atoms with van der Waals surface area (Å²) in [5.74, 6) is 2.44. The molecule has 0 unspecified atom stereocenters. The van der Waals surface area contributed by atoms with E-state index < -0.39 is 0 Å². The van der Waals surface area contributed by atoms with Crippen molar-refractivity contribution < 1.29 is 9.47 Å². The highest BCUT2D eigenvalue weighted by Crippen LogP contribution is 2.29. The molecule has 0 saturated carbocycles. The lowest BCUT2D eigenvalue weighted by Gasteiger charge is -2.12. The van der Waals surface area contributed by atoms with E-state index in [0.717, 1.165) is 35.8 Å². The molecule has 2 aromatic rings. The van der Waals surface area contributed by atoms with Crippen molar-refractivity contribution in [3.05, 3.63) is 53.1 Å². The lowest BCUT2D eigenvalue weighted by Crippen LogP contribution is -2.06. The molecule has 0 bridgehead atoms. The van der Waals surface area contributed by atoms with Gasteiger partial charge in [0.15, 0.2) is 0 Å². The molecule has 0 aliphatic carbocycles. The van der Waals surface area contributed by atoms with Gasteiger partial charge >= 0.3 is 0 Å². The first kappa shape index (κ1) is 15.7. The first-order valence-corrected chi connectivity index (χ1v) is 7.44. The lowest BCUT2D eigenvalue weighted by atomic mass is 10.2. The predicted octanol–water partition coefficient (Wildman–Crippen LogP) is 4.64. The maximum Gasteiger partial charge on any atom is 0.132 e. The summed E-state index contributed by atoms with van der Waals surface area (Å²) in [6, 6.07) is 13.3. The van der Waals surface area contributed by atoms with Gasteiger partial charge in [-0.3, -0.25) is 0 Å². The van der Waals surface area contributed by atoms with Gasteiger partial charge in [-0.25, -0.2) is 0 Å². The van der Waals surface area contributed by atoms with Crippen LogP contribution in [0.4, 0.5) is 0 Å². The molecule has 2 aromatic carbocycles. The monoisotopic (exact) mass is 305 g/mol. The third kappa shape index (κ3) is 4.66. The maximum absolute atomic E-state index is 6.02. The quantitative estimate of drug-likeness (QED) is 0.808. The largest absolute Gasteiger partial charge is 0.494 e. The Kier molecular flexibility index (Phi) is 5.90. The number of nitrogens with one attached hydrogen (secondary N) is 1. The Morgan fingerprint density at radius 3 is 2.43 bits per heavy atom. The van der Waals surface area contributed by atoms with Crippen molar-refractivity contribution in [3.8, 4) is 17.2 Å². The molecule has 0 radical (unpaired) electrons. The van der Waals surface area contributed by atoms with E-state index in [-0.39, 0.29) is 0 Å². The fourth-order valence-electron chi connectivity index (χ4n) is 1.93. The van der Waals surface area contributed by atoms with Crippen LogP contribution in [0.3, 0.4) is 0 Å². The second-order valence-electron chi connectivity index (χ2n) is 4.70. The highest BCUT2D eigenvalue weighted by molar-refractivity contribution is 6.30. The summed E-state index contributed by atoms with van der Waals surface area (Å²) in [7, 11) is 1.89. The Balaban J connectivity index is 2.10. The molecular formula is C17H20ClNO2. The zero-order chi connectivity index (χ0) is 15.1. The molecule has 0 saturated heterocycles. The van der Waals surface area contributed by atoms with E-state index in [1.807, 2.05) is 49.5 Å². The minimum absolute atomic E-state index is 0.702. The molecule has 2 rings (SSSR count). The van der Waals surface area contributed by atoms with E-state index >= 15 is 0 Å². The zero-order valence-electron chi connectivity index (χ0n) is 12.4. The molecule has 4 heteroatoms. The van der Waals surface area contributed by atoms with Crippen molar-refractivity contribution in [2.24, 2.45) is 0 Å². The molecule has 112 valence electrons. The average Bonchev–Trinajstić information content (AvgIpc) is 2.49. The molecule has 0 fully saturated rings. The van der Waals surface area contributed by atoms with Gasteiger partial charge in [0.2, 0.25) is 0 Å². The maximum atomic E-state index is 6.02. The van der Waals surface area contributed by atoms with Crippen molar-refractivity contribution in [2.45, 2.75) is 19.9 Å². The molecular weight excluding hydrogens is 286 g/mol. The number of halogens is 1. The Bertz CT molecular complexity index is 570. The van der Waals surface area contributed by atoms with Gasteiger partial charge in [0.1, 0.15) is 17.2 Å². The Labute approximate surface area is 130 Å². The van der Waals surface area contributed by atoms with E-state index in [4.69, 9.17) is 21.1 Å². The number of hydrogen-bond donors (Lipinski definition) is 1. The third-order valence-electron chi connectivity index (χ3n) is 2.91. The fourth-order valence-corrected chi connectivity index (χ4v) is 2.12. The molecule has 0 aliphatic rings. The fraction of sp³-hybridized carbons (Fsp3) is 0.294. The van der Waals surface area contributed by atoms with Crippen molar-refractivity contribution >= 4 is 11.6 Å². The second kappa shape index (κ2) is 7.91. The Morgan fingerprint density at radius 2 is 1.76 bits per heavy atom. The number of rotatable bonds is 7. The van der Waals surface area contributed by atoms with Gasteiger partial charge in [0.05, 0.1) is 6.61 Å². The zero-order valence-corrected chi connectivity index (χ0v) is 13.1. The van der Waals surface area contributed by atoms with Crippen LogP contribution < -0.4 is 14.8 Å². The molecule has 3 nitrogen and oxygen atoms in total. The average molecular weight is 306 g/mol. The predicted molar refractivity (Wildman–Crippen MR) is 86.5 cm³/mol. The van der Waals surface area contributed by atoms with Crippen molar-refractivity contribution in [1.29, 1.82) is 0 Å². The van der Waals surface area contributed by atoms with Gasteiger partial charge in [0, 0.05) is 17.1 Å². The van der Waals surface area contributed by atoms with E-state index in [1.165, 1.54) is 0 Å². The molecule has 0 aromatic heterocycles. The van der Waals surface area contributed by atoms with Crippen LogP contribution in [-0.2, 0) is 6.54 Å². The van der Waals surface area contributed by atoms with E-state index in [2.05, 4.69) is 12.2 Å². The van der Waals surface area contributed by atoms with Crippen LogP contribution in [0, 0.1) is 0 Å². The molecule has 1 N–H and O–H groups in total. The van der Waals surface area contributed by atoms with Crippen molar-refractivity contribution in [2.75, 3.05) is 13.7 Å². The summed E-state index contributed by atoms with van der Waals surface area (Å²) >= 11 is 6.02. The van der Waals surface area contributed by atoms with Crippen LogP contribution in [0.1, 0.15) is 18.9 Å². The summed E-state index contributed by atoms with van der Waals surface area (Å²) in [6.07, 6.45) is 0.996. The smallest absolute Gasteiger partial charge is 0.132 e. The molecule has 0 heterocycles. The Hall–Kier alpha value is -1.71. The highest BCUT2D eigenvalue weighted by atomic mass is 35.5. The standard InChI is InChI=1S/C17H20ClNO2/c1-3-10-20-15-5-7-16(8-6-15)21-17-9-4-14(18)11-13(17)12-19-2/h4-9,11,19H,3,10,12H2,1-2H3. The number of hydrogen-bond acceptors (Lipinski definition) is 3. The normalized spacial score (nSPS) is 10.4. The van der Waals surface area contributed by atoms with Crippen molar-refractivity contribution in [3.63, 3.8) is 0 Å². The first-order chi connectivity index (χ1) is 10.2.